The van der Waals surface area contributed by atoms with Crippen LogP contribution in [0.3, 0.4) is 0 Å². The van der Waals surface area contributed by atoms with Crippen molar-refractivity contribution in [1.82, 2.24) is 5.32 Å². The molecule has 0 bridgehead atoms. The van der Waals surface area contributed by atoms with Gasteiger partial charge in [-0.3, -0.25) is 9.59 Å². The van der Waals surface area contributed by atoms with Crippen molar-refractivity contribution in [2.45, 2.75) is 13.0 Å². The van der Waals surface area contributed by atoms with Crippen LogP contribution in [0.5, 0.6) is 5.75 Å². The Morgan fingerprint density at radius 2 is 1.54 bits per heavy atom. The Bertz CT molecular complexity index is 1210. The number of hydrogen-bond acceptors (Lipinski definition) is 5. The Labute approximate surface area is 204 Å². The number of furan rings is 1. The second-order valence-electron chi connectivity index (χ2n) is 7.85. The zero-order chi connectivity index (χ0) is 24.3. The van der Waals surface area contributed by atoms with Gasteiger partial charge in [-0.2, -0.15) is 0 Å². The molecule has 0 atom stereocenters. The number of ether oxygens (including phenoxy) is 1. The SMILES string of the molecule is O=C(CNc1ccc(OCCc2ccccc2)cc1)Nc1ccc(C(=O)NCc2ccco2)cc1. The molecule has 2 amide bonds. The van der Waals surface area contributed by atoms with E-state index in [2.05, 4.69) is 28.1 Å². The summed E-state index contributed by atoms with van der Waals surface area (Å²) in [6.45, 7) is 1.03. The average molecular weight is 470 g/mol. The van der Waals surface area contributed by atoms with Crippen LogP contribution in [-0.2, 0) is 17.8 Å². The summed E-state index contributed by atoms with van der Waals surface area (Å²) in [6.07, 6.45) is 2.41. The van der Waals surface area contributed by atoms with E-state index in [1.54, 1.807) is 42.7 Å². The van der Waals surface area contributed by atoms with Gasteiger partial charge in [0.2, 0.25) is 5.91 Å². The van der Waals surface area contributed by atoms with Crippen molar-refractivity contribution in [3.63, 3.8) is 0 Å². The summed E-state index contributed by atoms with van der Waals surface area (Å²) in [5.74, 6) is 1.06. The van der Waals surface area contributed by atoms with Crippen molar-refractivity contribution in [1.29, 1.82) is 0 Å². The molecule has 0 aliphatic rings. The van der Waals surface area contributed by atoms with Gasteiger partial charge in [-0.15, -0.1) is 0 Å². The van der Waals surface area contributed by atoms with Crippen molar-refractivity contribution in [2.75, 3.05) is 23.8 Å². The molecule has 0 aliphatic carbocycles. The Morgan fingerprint density at radius 1 is 0.800 bits per heavy atom. The molecule has 1 heterocycles. The van der Waals surface area contributed by atoms with Crippen LogP contribution in [0.4, 0.5) is 11.4 Å². The minimum Gasteiger partial charge on any atom is -0.493 e. The maximum Gasteiger partial charge on any atom is 0.251 e. The summed E-state index contributed by atoms with van der Waals surface area (Å²) in [4.78, 5) is 24.5. The summed E-state index contributed by atoms with van der Waals surface area (Å²) in [5, 5.41) is 8.69. The number of benzene rings is 3. The van der Waals surface area contributed by atoms with Gasteiger partial charge < -0.3 is 25.1 Å². The normalized spacial score (nSPS) is 10.4. The Hall–Kier alpha value is -4.52. The quantitative estimate of drug-likeness (QED) is 0.291. The largest absolute Gasteiger partial charge is 0.493 e. The second kappa shape index (κ2) is 12.1. The first-order chi connectivity index (χ1) is 17.2. The summed E-state index contributed by atoms with van der Waals surface area (Å²) in [6, 6.07) is 28.0. The lowest BCUT2D eigenvalue weighted by Crippen LogP contribution is -2.23. The molecule has 178 valence electrons. The first-order valence-electron chi connectivity index (χ1n) is 11.4. The standard InChI is InChI=1S/C28H27N3O4/c32-27(31-24-10-8-22(9-11-24)28(33)30-19-26-7-4-17-34-26)20-29-23-12-14-25(15-13-23)35-18-16-21-5-2-1-3-6-21/h1-15,17,29H,16,18-20H2,(H,30,33)(H,31,32). The zero-order valence-electron chi connectivity index (χ0n) is 19.2. The summed E-state index contributed by atoms with van der Waals surface area (Å²) in [5.41, 5.74) is 3.17. The Kier molecular flexibility index (Phi) is 8.16. The molecule has 1 aromatic heterocycles. The summed E-state index contributed by atoms with van der Waals surface area (Å²) < 4.78 is 11.0. The predicted molar refractivity (Wildman–Crippen MR) is 136 cm³/mol. The molecule has 0 aliphatic heterocycles. The van der Waals surface area contributed by atoms with Gasteiger partial charge in [0, 0.05) is 23.4 Å². The number of rotatable bonds is 11. The topological polar surface area (TPSA) is 92.6 Å². The highest BCUT2D eigenvalue weighted by Gasteiger charge is 2.08. The van der Waals surface area contributed by atoms with E-state index in [4.69, 9.17) is 9.15 Å². The van der Waals surface area contributed by atoms with Crippen molar-refractivity contribution < 1.29 is 18.7 Å². The van der Waals surface area contributed by atoms with Gasteiger partial charge in [0.15, 0.2) is 0 Å². The fourth-order valence-electron chi connectivity index (χ4n) is 3.38. The Morgan fingerprint density at radius 3 is 2.26 bits per heavy atom. The maximum atomic E-state index is 12.3. The number of hydrogen-bond donors (Lipinski definition) is 3. The zero-order valence-corrected chi connectivity index (χ0v) is 19.2. The molecule has 0 saturated heterocycles. The first-order valence-corrected chi connectivity index (χ1v) is 11.4. The van der Waals surface area contributed by atoms with Crippen LogP contribution < -0.4 is 20.7 Å². The number of anilines is 2. The van der Waals surface area contributed by atoms with Gasteiger partial charge in [0.1, 0.15) is 11.5 Å². The van der Waals surface area contributed by atoms with E-state index < -0.39 is 0 Å². The van der Waals surface area contributed by atoms with E-state index in [0.717, 1.165) is 17.9 Å². The van der Waals surface area contributed by atoms with Crippen molar-refractivity contribution in [3.8, 4) is 5.75 Å². The van der Waals surface area contributed by atoms with Gasteiger partial charge in [-0.1, -0.05) is 30.3 Å². The van der Waals surface area contributed by atoms with Gasteiger partial charge in [-0.25, -0.2) is 0 Å². The molecule has 0 fully saturated rings. The van der Waals surface area contributed by atoms with E-state index in [1.807, 2.05) is 42.5 Å². The van der Waals surface area contributed by atoms with Gasteiger partial charge in [-0.05, 0) is 66.2 Å². The number of carbonyl (C=O) groups excluding carboxylic acids is 2. The first kappa shape index (κ1) is 23.6. The van der Waals surface area contributed by atoms with Crippen LogP contribution >= 0.6 is 0 Å². The fourth-order valence-corrected chi connectivity index (χ4v) is 3.38. The number of nitrogens with one attached hydrogen (secondary N) is 3. The van der Waals surface area contributed by atoms with Crippen molar-refractivity contribution in [2.24, 2.45) is 0 Å². The van der Waals surface area contributed by atoms with Crippen molar-refractivity contribution in [3.05, 3.63) is 114 Å². The van der Waals surface area contributed by atoms with E-state index in [-0.39, 0.29) is 18.4 Å². The van der Waals surface area contributed by atoms with Gasteiger partial charge in [0.05, 0.1) is 26.0 Å². The lowest BCUT2D eigenvalue weighted by atomic mass is 10.2. The second-order valence-corrected chi connectivity index (χ2v) is 7.85. The van der Waals surface area contributed by atoms with Crippen LogP contribution in [0.15, 0.2) is 102 Å². The molecule has 7 nitrogen and oxygen atoms in total. The molecule has 0 saturated carbocycles. The highest BCUT2D eigenvalue weighted by molar-refractivity contribution is 5.96. The predicted octanol–water partition coefficient (Wildman–Crippen LogP) is 4.88. The molecular weight excluding hydrogens is 442 g/mol. The lowest BCUT2D eigenvalue weighted by molar-refractivity contribution is -0.114. The van der Waals surface area contributed by atoms with Crippen LogP contribution in [0.2, 0.25) is 0 Å². The number of carbonyl (C=O) groups is 2. The summed E-state index contributed by atoms with van der Waals surface area (Å²) in [7, 11) is 0. The highest BCUT2D eigenvalue weighted by Crippen LogP contribution is 2.16. The molecular formula is C28H27N3O4. The van der Waals surface area contributed by atoms with Crippen LogP contribution in [-0.4, -0.2) is 25.0 Å². The molecule has 35 heavy (non-hydrogen) atoms. The average Bonchev–Trinajstić information content (AvgIpc) is 3.42. The lowest BCUT2D eigenvalue weighted by Gasteiger charge is -2.10. The minimum atomic E-state index is -0.214. The van der Waals surface area contributed by atoms with Crippen LogP contribution in [0, 0.1) is 0 Å². The molecule has 4 aromatic rings. The highest BCUT2D eigenvalue weighted by atomic mass is 16.5. The fraction of sp³-hybridized carbons (Fsp3) is 0.143. The number of amides is 2. The van der Waals surface area contributed by atoms with Crippen molar-refractivity contribution >= 4 is 23.2 Å². The van der Waals surface area contributed by atoms with E-state index in [9.17, 15) is 9.59 Å². The third kappa shape index (κ3) is 7.50. The van der Waals surface area contributed by atoms with Crippen LogP contribution in [0.25, 0.3) is 0 Å². The maximum absolute atomic E-state index is 12.3. The van der Waals surface area contributed by atoms with E-state index in [1.165, 1.54) is 5.56 Å². The molecule has 4 rings (SSSR count). The molecule has 0 radical (unpaired) electrons. The van der Waals surface area contributed by atoms with E-state index >= 15 is 0 Å². The van der Waals surface area contributed by atoms with E-state index in [0.29, 0.717) is 30.2 Å². The van der Waals surface area contributed by atoms with Gasteiger partial charge >= 0.3 is 0 Å². The molecule has 0 unspecified atom stereocenters. The smallest absolute Gasteiger partial charge is 0.251 e. The molecule has 3 N–H and O–H groups in total. The Balaban J connectivity index is 1.17. The summed E-state index contributed by atoms with van der Waals surface area (Å²) >= 11 is 0. The van der Waals surface area contributed by atoms with Crippen LogP contribution in [0.1, 0.15) is 21.7 Å². The molecule has 7 heteroatoms. The third-order valence-corrected chi connectivity index (χ3v) is 5.24. The molecule has 3 aromatic carbocycles. The van der Waals surface area contributed by atoms with Gasteiger partial charge in [0.25, 0.3) is 5.91 Å². The molecule has 0 spiro atoms. The minimum absolute atomic E-state index is 0.111. The third-order valence-electron chi connectivity index (χ3n) is 5.24. The monoisotopic (exact) mass is 469 g/mol.